The summed E-state index contributed by atoms with van der Waals surface area (Å²) in [6.45, 7) is 5.85. The maximum Gasteiger partial charge on any atom is 0.123 e. The fraction of sp³-hybridized carbons (Fsp3) is 0.571. The van der Waals surface area contributed by atoms with Crippen LogP contribution in [0.25, 0.3) is 0 Å². The van der Waals surface area contributed by atoms with Crippen LogP contribution in [0.5, 0.6) is 0 Å². The van der Waals surface area contributed by atoms with Crippen LogP contribution in [0.15, 0.2) is 23.1 Å². The van der Waals surface area contributed by atoms with Gasteiger partial charge in [-0.3, -0.25) is 0 Å². The number of methoxy groups -OCH3 is 1. The van der Waals surface area contributed by atoms with Gasteiger partial charge in [0.25, 0.3) is 0 Å². The van der Waals surface area contributed by atoms with Gasteiger partial charge in [-0.05, 0) is 43.7 Å². The van der Waals surface area contributed by atoms with E-state index in [1.165, 1.54) is 6.07 Å². The van der Waals surface area contributed by atoms with Crippen molar-refractivity contribution in [2.24, 2.45) is 0 Å². The molecule has 2 nitrogen and oxygen atoms in total. The Bertz CT molecular complexity index is 360. The Morgan fingerprint density at radius 2 is 2.22 bits per heavy atom. The van der Waals surface area contributed by atoms with Gasteiger partial charge in [0.1, 0.15) is 5.82 Å². The van der Waals surface area contributed by atoms with Crippen LogP contribution in [0.2, 0.25) is 0 Å². The SMILES string of the molecule is CCCNC(C)c1cc(F)ccc1SCCOC. The van der Waals surface area contributed by atoms with E-state index in [0.717, 1.165) is 29.2 Å². The molecule has 0 spiro atoms. The lowest BCUT2D eigenvalue weighted by Gasteiger charge is -2.17. The first kappa shape index (κ1) is 15.5. The van der Waals surface area contributed by atoms with Gasteiger partial charge in [-0.1, -0.05) is 6.92 Å². The first-order chi connectivity index (χ1) is 8.69. The summed E-state index contributed by atoms with van der Waals surface area (Å²) in [5.41, 5.74) is 1.03. The van der Waals surface area contributed by atoms with Gasteiger partial charge in [-0.2, -0.15) is 0 Å². The molecule has 0 bridgehead atoms. The predicted octanol–water partition coefficient (Wildman–Crippen LogP) is 3.62. The molecule has 0 fully saturated rings. The van der Waals surface area contributed by atoms with Crippen molar-refractivity contribution in [1.82, 2.24) is 5.32 Å². The molecule has 1 aromatic carbocycles. The zero-order valence-electron chi connectivity index (χ0n) is 11.3. The van der Waals surface area contributed by atoms with Crippen LogP contribution in [0, 0.1) is 5.82 Å². The molecule has 0 aromatic heterocycles. The molecule has 18 heavy (non-hydrogen) atoms. The molecule has 102 valence electrons. The molecule has 0 aliphatic rings. The average molecular weight is 271 g/mol. The van der Waals surface area contributed by atoms with E-state index < -0.39 is 0 Å². The van der Waals surface area contributed by atoms with Gasteiger partial charge in [0.2, 0.25) is 0 Å². The van der Waals surface area contributed by atoms with E-state index in [9.17, 15) is 4.39 Å². The minimum atomic E-state index is -0.175. The van der Waals surface area contributed by atoms with Gasteiger partial charge in [0.15, 0.2) is 0 Å². The Hall–Kier alpha value is -0.580. The summed E-state index contributed by atoms with van der Waals surface area (Å²) in [6, 6.07) is 5.17. The van der Waals surface area contributed by atoms with Crippen molar-refractivity contribution in [2.45, 2.75) is 31.2 Å². The molecular weight excluding hydrogens is 249 g/mol. The quantitative estimate of drug-likeness (QED) is 0.576. The number of nitrogens with one attached hydrogen (secondary N) is 1. The van der Waals surface area contributed by atoms with Crippen LogP contribution in [-0.2, 0) is 4.74 Å². The Kier molecular flexibility index (Phi) is 7.32. The van der Waals surface area contributed by atoms with Crippen LogP contribution in [0.4, 0.5) is 4.39 Å². The van der Waals surface area contributed by atoms with Gasteiger partial charge < -0.3 is 10.1 Å². The Labute approximate surface area is 113 Å². The van der Waals surface area contributed by atoms with Crippen molar-refractivity contribution in [1.29, 1.82) is 0 Å². The first-order valence-electron chi connectivity index (χ1n) is 6.33. The van der Waals surface area contributed by atoms with Crippen molar-refractivity contribution < 1.29 is 9.13 Å². The topological polar surface area (TPSA) is 21.3 Å². The molecule has 1 rings (SSSR count). The fourth-order valence-electron chi connectivity index (χ4n) is 1.69. The highest BCUT2D eigenvalue weighted by atomic mass is 32.2. The summed E-state index contributed by atoms with van der Waals surface area (Å²) >= 11 is 1.71. The van der Waals surface area contributed by atoms with Crippen molar-refractivity contribution >= 4 is 11.8 Å². The van der Waals surface area contributed by atoms with E-state index in [2.05, 4.69) is 19.2 Å². The smallest absolute Gasteiger partial charge is 0.123 e. The second-order valence-electron chi connectivity index (χ2n) is 4.20. The zero-order chi connectivity index (χ0) is 13.4. The number of benzene rings is 1. The maximum atomic E-state index is 13.4. The number of hydrogen-bond acceptors (Lipinski definition) is 3. The monoisotopic (exact) mass is 271 g/mol. The number of halogens is 1. The third kappa shape index (κ3) is 4.96. The number of rotatable bonds is 8. The van der Waals surface area contributed by atoms with E-state index in [-0.39, 0.29) is 11.9 Å². The molecule has 0 aliphatic heterocycles. The van der Waals surface area contributed by atoms with Crippen LogP contribution >= 0.6 is 11.8 Å². The van der Waals surface area contributed by atoms with Crippen molar-refractivity contribution in [3.63, 3.8) is 0 Å². The number of hydrogen-bond donors (Lipinski definition) is 1. The standard InChI is InChI=1S/C14H22FNOS/c1-4-7-16-11(2)13-10-12(15)5-6-14(13)18-9-8-17-3/h5-6,10-11,16H,4,7-9H2,1-3H3. The Morgan fingerprint density at radius 1 is 1.44 bits per heavy atom. The molecular formula is C14H22FNOS. The summed E-state index contributed by atoms with van der Waals surface area (Å²) in [5.74, 6) is 0.710. The predicted molar refractivity (Wildman–Crippen MR) is 75.7 cm³/mol. The molecule has 1 aromatic rings. The van der Waals surface area contributed by atoms with Crippen LogP contribution < -0.4 is 5.32 Å². The van der Waals surface area contributed by atoms with Crippen LogP contribution in [-0.4, -0.2) is 26.0 Å². The van der Waals surface area contributed by atoms with Crippen molar-refractivity contribution in [3.05, 3.63) is 29.6 Å². The largest absolute Gasteiger partial charge is 0.384 e. The van der Waals surface area contributed by atoms with E-state index >= 15 is 0 Å². The molecule has 0 saturated heterocycles. The molecule has 1 N–H and O–H groups in total. The van der Waals surface area contributed by atoms with Gasteiger partial charge in [0, 0.05) is 23.8 Å². The van der Waals surface area contributed by atoms with Gasteiger partial charge in [-0.15, -0.1) is 11.8 Å². The molecule has 4 heteroatoms. The van der Waals surface area contributed by atoms with E-state index in [1.54, 1.807) is 24.9 Å². The average Bonchev–Trinajstić information content (AvgIpc) is 2.38. The van der Waals surface area contributed by atoms with Gasteiger partial charge in [0.05, 0.1) is 6.61 Å². The lowest BCUT2D eigenvalue weighted by Crippen LogP contribution is -2.20. The van der Waals surface area contributed by atoms with E-state index in [0.29, 0.717) is 6.61 Å². The highest BCUT2D eigenvalue weighted by Gasteiger charge is 2.11. The minimum Gasteiger partial charge on any atom is -0.384 e. The van der Waals surface area contributed by atoms with Crippen molar-refractivity contribution in [2.75, 3.05) is 26.0 Å². The maximum absolute atomic E-state index is 13.4. The minimum absolute atomic E-state index is 0.172. The van der Waals surface area contributed by atoms with Crippen LogP contribution in [0.3, 0.4) is 0 Å². The number of thioether (sulfide) groups is 1. The normalized spacial score (nSPS) is 12.7. The summed E-state index contributed by atoms with van der Waals surface area (Å²) in [4.78, 5) is 1.13. The van der Waals surface area contributed by atoms with Gasteiger partial charge in [-0.25, -0.2) is 4.39 Å². The second kappa shape index (κ2) is 8.51. The third-order valence-corrected chi connectivity index (χ3v) is 3.74. The van der Waals surface area contributed by atoms with E-state index in [1.807, 2.05) is 6.07 Å². The summed E-state index contributed by atoms with van der Waals surface area (Å²) in [7, 11) is 1.69. The molecule has 0 radical (unpaired) electrons. The highest BCUT2D eigenvalue weighted by Crippen LogP contribution is 2.28. The molecule has 0 amide bonds. The van der Waals surface area contributed by atoms with Gasteiger partial charge >= 0.3 is 0 Å². The Balaban J connectivity index is 2.75. The summed E-state index contributed by atoms with van der Waals surface area (Å²) in [6.07, 6.45) is 1.08. The molecule has 0 heterocycles. The Morgan fingerprint density at radius 3 is 2.89 bits per heavy atom. The van der Waals surface area contributed by atoms with Crippen molar-refractivity contribution in [3.8, 4) is 0 Å². The first-order valence-corrected chi connectivity index (χ1v) is 7.32. The van der Waals surface area contributed by atoms with Crippen LogP contribution in [0.1, 0.15) is 31.9 Å². The summed E-state index contributed by atoms with van der Waals surface area (Å²) in [5, 5.41) is 3.40. The molecule has 1 unspecified atom stereocenters. The lowest BCUT2D eigenvalue weighted by atomic mass is 10.1. The molecule has 0 saturated carbocycles. The molecule has 1 atom stereocenters. The zero-order valence-corrected chi connectivity index (χ0v) is 12.1. The lowest BCUT2D eigenvalue weighted by molar-refractivity contribution is 0.218. The molecule has 0 aliphatic carbocycles. The number of ether oxygens (including phenoxy) is 1. The highest BCUT2D eigenvalue weighted by molar-refractivity contribution is 7.99. The fourth-order valence-corrected chi connectivity index (χ4v) is 2.73. The summed E-state index contributed by atoms with van der Waals surface area (Å²) < 4.78 is 18.4. The second-order valence-corrected chi connectivity index (χ2v) is 5.34. The third-order valence-electron chi connectivity index (χ3n) is 2.68. The van der Waals surface area contributed by atoms with E-state index in [4.69, 9.17) is 4.74 Å².